The average Bonchev–Trinajstić information content (AvgIpc) is 2.72. The number of hydrogen-bond acceptors (Lipinski definition) is 5. The Morgan fingerprint density at radius 2 is 1.63 bits per heavy atom. The highest BCUT2D eigenvalue weighted by atomic mass is 32.2. The van der Waals surface area contributed by atoms with Crippen molar-refractivity contribution >= 4 is 21.8 Å². The van der Waals surface area contributed by atoms with Crippen LogP contribution >= 0.6 is 0 Å². The highest BCUT2D eigenvalue weighted by Gasteiger charge is 2.24. The quantitative estimate of drug-likeness (QED) is 0.609. The number of hydrazine groups is 1. The van der Waals surface area contributed by atoms with Gasteiger partial charge in [0.15, 0.2) is 6.61 Å². The van der Waals surface area contributed by atoms with Crippen LogP contribution in [0.1, 0.15) is 24.2 Å². The maximum atomic E-state index is 14.1. The van der Waals surface area contributed by atoms with Crippen LogP contribution in [0.2, 0.25) is 0 Å². The molecular weight excluding hydrogens is 420 g/mol. The molecule has 0 atom stereocenters. The third kappa shape index (κ3) is 5.74. The van der Waals surface area contributed by atoms with Crippen molar-refractivity contribution in [2.24, 2.45) is 0 Å². The molecule has 0 spiro atoms. The van der Waals surface area contributed by atoms with Crippen molar-refractivity contribution in [2.45, 2.75) is 18.7 Å². The molecule has 0 saturated heterocycles. The number of benzene rings is 2. The van der Waals surface area contributed by atoms with Gasteiger partial charge in [0.05, 0.1) is 10.5 Å². The topological polar surface area (TPSA) is 105 Å². The molecule has 0 bridgehead atoms. The Morgan fingerprint density at radius 1 is 1.00 bits per heavy atom. The molecule has 0 aliphatic carbocycles. The van der Waals surface area contributed by atoms with Gasteiger partial charge in [-0.25, -0.2) is 17.2 Å². The number of rotatable bonds is 8. The van der Waals surface area contributed by atoms with Gasteiger partial charge < -0.3 is 4.74 Å². The smallest absolute Gasteiger partial charge is 0.276 e. The van der Waals surface area contributed by atoms with E-state index in [2.05, 4.69) is 0 Å². The highest BCUT2D eigenvalue weighted by molar-refractivity contribution is 7.89. The average molecular weight is 441 g/mol. The lowest BCUT2D eigenvalue weighted by Crippen LogP contribution is -2.44. The summed E-state index contributed by atoms with van der Waals surface area (Å²) in [6.45, 7) is 3.23. The van der Waals surface area contributed by atoms with Gasteiger partial charge in [-0.1, -0.05) is 13.8 Å². The van der Waals surface area contributed by atoms with Crippen LogP contribution in [0.25, 0.3) is 0 Å². The van der Waals surface area contributed by atoms with Crippen LogP contribution < -0.4 is 15.6 Å². The number of carbonyl (C=O) groups is 2. The lowest BCUT2D eigenvalue weighted by Gasteiger charge is -2.19. The van der Waals surface area contributed by atoms with E-state index < -0.39 is 45.6 Å². The van der Waals surface area contributed by atoms with Gasteiger partial charge in [0, 0.05) is 13.1 Å². The first-order valence-corrected chi connectivity index (χ1v) is 10.4. The van der Waals surface area contributed by atoms with Crippen LogP contribution in [-0.2, 0) is 14.8 Å². The van der Waals surface area contributed by atoms with Gasteiger partial charge in [0.25, 0.3) is 11.8 Å². The fraction of sp³-hybridized carbons (Fsp3) is 0.263. The van der Waals surface area contributed by atoms with Gasteiger partial charge in [0.2, 0.25) is 10.0 Å². The van der Waals surface area contributed by atoms with Crippen LogP contribution in [0.3, 0.4) is 0 Å². The Hall–Kier alpha value is -3.05. The Bertz CT molecular complexity index is 1010. The lowest BCUT2D eigenvalue weighted by molar-refractivity contribution is -0.123. The molecule has 0 fully saturated rings. The van der Waals surface area contributed by atoms with Gasteiger partial charge in [-0.15, -0.1) is 0 Å². The zero-order valence-electron chi connectivity index (χ0n) is 16.3. The van der Waals surface area contributed by atoms with E-state index in [1.807, 2.05) is 10.9 Å². The second-order valence-electron chi connectivity index (χ2n) is 5.98. The molecule has 162 valence electrons. The summed E-state index contributed by atoms with van der Waals surface area (Å²) in [4.78, 5) is 23.7. The van der Waals surface area contributed by atoms with Crippen LogP contribution in [0, 0.1) is 11.6 Å². The van der Waals surface area contributed by atoms with Gasteiger partial charge in [-0.05, 0) is 42.5 Å². The molecule has 2 amide bonds. The van der Waals surface area contributed by atoms with Gasteiger partial charge in [0.1, 0.15) is 17.4 Å². The molecule has 30 heavy (non-hydrogen) atoms. The first kappa shape index (κ1) is 23.2. The first-order chi connectivity index (χ1) is 14.2. The Morgan fingerprint density at radius 3 is 2.23 bits per heavy atom. The Balaban J connectivity index is 2.02. The van der Waals surface area contributed by atoms with E-state index in [9.17, 15) is 26.8 Å². The second kappa shape index (κ2) is 10.1. The fourth-order valence-electron chi connectivity index (χ4n) is 2.46. The van der Waals surface area contributed by atoms with Crippen LogP contribution in [0.4, 0.5) is 8.78 Å². The minimum atomic E-state index is -3.89. The maximum Gasteiger partial charge on any atom is 0.276 e. The molecule has 2 rings (SSSR count). The van der Waals surface area contributed by atoms with Crippen molar-refractivity contribution in [1.29, 1.82) is 0 Å². The molecule has 0 aliphatic rings. The van der Waals surface area contributed by atoms with Crippen LogP contribution in [0.15, 0.2) is 47.4 Å². The first-order valence-electron chi connectivity index (χ1n) is 8.96. The van der Waals surface area contributed by atoms with Crippen molar-refractivity contribution in [2.75, 3.05) is 19.7 Å². The number of hydrogen-bond donors (Lipinski definition) is 2. The van der Waals surface area contributed by atoms with E-state index in [0.717, 1.165) is 34.6 Å². The van der Waals surface area contributed by atoms with Crippen molar-refractivity contribution in [1.82, 2.24) is 15.2 Å². The highest BCUT2D eigenvalue weighted by Crippen LogP contribution is 2.19. The molecule has 0 heterocycles. The standard InChI is InChI=1S/C19H21F2N3O5S/c1-3-24(4-2)30(27,28)15-9-10-17(21)16(11-15)19(26)23-22-18(25)12-29-14-7-5-13(20)6-8-14/h5-11H,3-4,12H2,1-2H3,(H,22,25)(H,23,26). The molecule has 2 N–H and O–H groups in total. The van der Waals surface area contributed by atoms with Crippen LogP contribution in [0.5, 0.6) is 5.75 Å². The molecule has 0 aliphatic heterocycles. The van der Waals surface area contributed by atoms with Crippen LogP contribution in [-0.4, -0.2) is 44.2 Å². The van der Waals surface area contributed by atoms with E-state index in [1.165, 1.54) is 12.1 Å². The summed E-state index contributed by atoms with van der Waals surface area (Å²) in [6.07, 6.45) is 0. The summed E-state index contributed by atoms with van der Waals surface area (Å²) in [5, 5.41) is 0. The van der Waals surface area contributed by atoms with Crippen molar-refractivity contribution in [3.63, 3.8) is 0 Å². The molecule has 2 aromatic carbocycles. The number of nitrogens with zero attached hydrogens (tertiary/aromatic N) is 1. The lowest BCUT2D eigenvalue weighted by atomic mass is 10.2. The Kier molecular flexibility index (Phi) is 7.84. The summed E-state index contributed by atoms with van der Waals surface area (Å²) in [5.74, 6) is -2.99. The third-order valence-corrected chi connectivity index (χ3v) is 6.07. The minimum Gasteiger partial charge on any atom is -0.484 e. The van der Waals surface area contributed by atoms with Crippen molar-refractivity contribution in [3.05, 3.63) is 59.7 Å². The number of ether oxygens (including phenoxy) is 1. The van der Waals surface area contributed by atoms with Crippen molar-refractivity contribution < 1.29 is 31.5 Å². The second-order valence-corrected chi connectivity index (χ2v) is 7.91. The minimum absolute atomic E-state index is 0.210. The number of amides is 2. The molecule has 0 radical (unpaired) electrons. The van der Waals surface area contributed by atoms with E-state index in [1.54, 1.807) is 13.8 Å². The number of sulfonamides is 1. The fourth-order valence-corrected chi connectivity index (χ4v) is 3.95. The monoisotopic (exact) mass is 441 g/mol. The Labute approximate surface area is 172 Å². The van der Waals surface area contributed by atoms with E-state index in [-0.39, 0.29) is 23.7 Å². The van der Waals surface area contributed by atoms with Gasteiger partial charge in [-0.3, -0.25) is 20.4 Å². The molecule has 2 aromatic rings. The number of halogens is 2. The SMILES string of the molecule is CCN(CC)S(=O)(=O)c1ccc(F)c(C(=O)NNC(=O)COc2ccc(F)cc2)c1. The molecule has 0 saturated carbocycles. The van der Waals surface area contributed by atoms with Crippen molar-refractivity contribution in [3.8, 4) is 5.75 Å². The zero-order valence-corrected chi connectivity index (χ0v) is 17.1. The largest absolute Gasteiger partial charge is 0.484 e. The van der Waals surface area contributed by atoms with E-state index >= 15 is 0 Å². The molecule has 8 nitrogen and oxygen atoms in total. The van der Waals surface area contributed by atoms with Gasteiger partial charge >= 0.3 is 0 Å². The molecule has 0 unspecified atom stereocenters. The predicted octanol–water partition coefficient (Wildman–Crippen LogP) is 1.84. The summed E-state index contributed by atoms with van der Waals surface area (Å²) in [6, 6.07) is 7.77. The molecule has 11 heteroatoms. The summed E-state index contributed by atoms with van der Waals surface area (Å²) in [7, 11) is -3.89. The number of nitrogens with one attached hydrogen (secondary N) is 2. The van der Waals surface area contributed by atoms with E-state index in [0.29, 0.717) is 0 Å². The summed E-state index contributed by atoms with van der Waals surface area (Å²) in [5.41, 5.74) is 3.47. The summed E-state index contributed by atoms with van der Waals surface area (Å²) < 4.78 is 58.3. The molecular formula is C19H21F2N3O5S. The van der Waals surface area contributed by atoms with Gasteiger partial charge in [-0.2, -0.15) is 4.31 Å². The maximum absolute atomic E-state index is 14.1. The third-order valence-electron chi connectivity index (χ3n) is 4.02. The summed E-state index contributed by atoms with van der Waals surface area (Å²) >= 11 is 0. The normalized spacial score (nSPS) is 11.2. The molecule has 0 aromatic heterocycles. The van der Waals surface area contributed by atoms with E-state index in [4.69, 9.17) is 4.74 Å². The predicted molar refractivity (Wildman–Crippen MR) is 104 cm³/mol. The number of carbonyl (C=O) groups excluding carboxylic acids is 2. The zero-order chi connectivity index (χ0) is 22.3.